The van der Waals surface area contributed by atoms with Crippen LogP contribution >= 0.6 is 0 Å². The summed E-state index contributed by atoms with van der Waals surface area (Å²) in [5.41, 5.74) is 1.67. The number of hydrogen-bond donors (Lipinski definition) is 2. The summed E-state index contributed by atoms with van der Waals surface area (Å²) in [5.74, 6) is 0. The second-order valence-corrected chi connectivity index (χ2v) is 4.26. The highest BCUT2D eigenvalue weighted by Crippen LogP contribution is 2.07. The van der Waals surface area contributed by atoms with Crippen molar-refractivity contribution in [3.8, 4) is 0 Å². The van der Waals surface area contributed by atoms with Crippen molar-refractivity contribution < 1.29 is 19.5 Å². The largest absolute Gasteiger partial charge is 0.442 e. The van der Waals surface area contributed by atoms with Crippen LogP contribution in [0.25, 0.3) is 0 Å². The quantitative estimate of drug-likeness (QED) is 0.689. The molecule has 0 rings (SSSR count). The number of hydroxylamine groups is 1. The molecule has 0 aromatic carbocycles. The van der Waals surface area contributed by atoms with Crippen molar-refractivity contribution >= 4 is 6.09 Å². The van der Waals surface area contributed by atoms with Gasteiger partial charge in [-0.15, -0.1) is 0 Å². The van der Waals surface area contributed by atoms with Crippen LogP contribution in [0, 0.1) is 0 Å². The van der Waals surface area contributed by atoms with Gasteiger partial charge < -0.3 is 9.84 Å². The molecule has 0 aromatic rings. The number of carbonyl (C=O) groups is 1. The van der Waals surface area contributed by atoms with Gasteiger partial charge in [0.15, 0.2) is 0 Å². The van der Waals surface area contributed by atoms with Gasteiger partial charge in [-0.3, -0.25) is 4.84 Å². The number of nitrogens with one attached hydrogen (secondary N) is 1. The summed E-state index contributed by atoms with van der Waals surface area (Å²) >= 11 is 0. The minimum Gasteiger partial charge on any atom is -0.442 e. The van der Waals surface area contributed by atoms with Crippen LogP contribution in [0.15, 0.2) is 0 Å². The fraction of sp³-hybridized carbons (Fsp3) is 0.900. The molecule has 0 radical (unpaired) electrons. The van der Waals surface area contributed by atoms with E-state index in [1.54, 1.807) is 20.8 Å². The van der Waals surface area contributed by atoms with E-state index in [0.717, 1.165) is 6.42 Å². The third-order valence-electron chi connectivity index (χ3n) is 1.61. The van der Waals surface area contributed by atoms with Crippen molar-refractivity contribution in [2.24, 2.45) is 0 Å². The first-order valence-electron chi connectivity index (χ1n) is 5.14. The topological polar surface area (TPSA) is 67.8 Å². The van der Waals surface area contributed by atoms with E-state index in [1.807, 2.05) is 6.92 Å². The first-order valence-corrected chi connectivity index (χ1v) is 5.14. The zero-order chi connectivity index (χ0) is 11.9. The maximum Gasteiger partial charge on any atom is 0.431 e. The standard InChI is InChI=1S/C10H21NO4/c1-5-8(6-7-12)15-11-9(13)14-10(2,3)4/h8,12H,5-7H2,1-4H3,(H,11,13). The zero-order valence-corrected chi connectivity index (χ0v) is 9.87. The fourth-order valence-electron chi connectivity index (χ4n) is 0.921. The van der Waals surface area contributed by atoms with E-state index < -0.39 is 11.7 Å². The lowest BCUT2D eigenvalue weighted by Crippen LogP contribution is -2.35. The molecule has 0 aliphatic heterocycles. The molecule has 5 nitrogen and oxygen atoms in total. The van der Waals surface area contributed by atoms with Gasteiger partial charge in [0.2, 0.25) is 0 Å². The zero-order valence-electron chi connectivity index (χ0n) is 9.87. The van der Waals surface area contributed by atoms with Crippen molar-refractivity contribution in [1.82, 2.24) is 5.48 Å². The number of aliphatic hydroxyl groups excluding tert-OH is 1. The Morgan fingerprint density at radius 1 is 1.47 bits per heavy atom. The maximum absolute atomic E-state index is 11.2. The van der Waals surface area contributed by atoms with Crippen molar-refractivity contribution in [3.05, 3.63) is 0 Å². The highest BCUT2D eigenvalue weighted by Gasteiger charge is 2.17. The summed E-state index contributed by atoms with van der Waals surface area (Å²) in [6.07, 6.45) is 0.421. The Morgan fingerprint density at radius 2 is 2.07 bits per heavy atom. The van der Waals surface area contributed by atoms with Crippen LogP contribution < -0.4 is 5.48 Å². The lowest BCUT2D eigenvalue weighted by Gasteiger charge is -2.21. The molecule has 0 heterocycles. The summed E-state index contributed by atoms with van der Waals surface area (Å²) < 4.78 is 4.97. The van der Waals surface area contributed by atoms with Crippen LogP contribution in [0.5, 0.6) is 0 Å². The molecule has 2 N–H and O–H groups in total. The molecule has 1 atom stereocenters. The first kappa shape index (κ1) is 14.2. The Kier molecular flexibility index (Phi) is 6.27. The Hall–Kier alpha value is -0.810. The molecule has 0 bridgehead atoms. The van der Waals surface area contributed by atoms with Crippen LogP contribution in [-0.2, 0) is 9.57 Å². The Labute approximate surface area is 90.7 Å². The van der Waals surface area contributed by atoms with Gasteiger partial charge in [-0.2, -0.15) is 5.48 Å². The molecule has 1 amide bonds. The number of carbonyl (C=O) groups excluding carboxylic acids is 1. The third-order valence-corrected chi connectivity index (χ3v) is 1.61. The van der Waals surface area contributed by atoms with E-state index in [2.05, 4.69) is 5.48 Å². The molecule has 5 heteroatoms. The molecule has 0 fully saturated rings. The van der Waals surface area contributed by atoms with Gasteiger partial charge in [-0.1, -0.05) is 6.92 Å². The van der Waals surface area contributed by atoms with Crippen molar-refractivity contribution in [2.75, 3.05) is 6.61 Å². The predicted octanol–water partition coefficient (Wildman–Crippen LogP) is 1.60. The number of amides is 1. The summed E-state index contributed by atoms with van der Waals surface area (Å²) in [7, 11) is 0. The monoisotopic (exact) mass is 219 g/mol. The number of hydrogen-bond acceptors (Lipinski definition) is 4. The Balaban J connectivity index is 3.78. The van der Waals surface area contributed by atoms with Gasteiger partial charge in [-0.25, -0.2) is 4.79 Å². The van der Waals surface area contributed by atoms with Crippen molar-refractivity contribution in [3.63, 3.8) is 0 Å². The van der Waals surface area contributed by atoms with Gasteiger partial charge in [0.1, 0.15) is 5.60 Å². The Morgan fingerprint density at radius 3 is 2.47 bits per heavy atom. The molecule has 1 unspecified atom stereocenters. The number of aliphatic hydroxyl groups is 1. The number of rotatable bonds is 5. The van der Waals surface area contributed by atoms with Crippen LogP contribution in [0.3, 0.4) is 0 Å². The van der Waals surface area contributed by atoms with Gasteiger partial charge >= 0.3 is 6.09 Å². The van der Waals surface area contributed by atoms with E-state index in [-0.39, 0.29) is 12.7 Å². The Bertz CT molecular complexity index is 188. The van der Waals surface area contributed by atoms with E-state index in [4.69, 9.17) is 14.7 Å². The molecule has 90 valence electrons. The highest BCUT2D eigenvalue weighted by molar-refractivity contribution is 5.66. The average Bonchev–Trinajstić information content (AvgIpc) is 2.09. The molecular weight excluding hydrogens is 198 g/mol. The summed E-state index contributed by atoms with van der Waals surface area (Å²) in [4.78, 5) is 16.2. The van der Waals surface area contributed by atoms with Gasteiger partial charge in [0.05, 0.1) is 6.10 Å². The van der Waals surface area contributed by atoms with E-state index >= 15 is 0 Å². The van der Waals surface area contributed by atoms with E-state index in [9.17, 15) is 4.79 Å². The molecule has 0 spiro atoms. The van der Waals surface area contributed by atoms with Crippen molar-refractivity contribution in [1.29, 1.82) is 0 Å². The molecule has 0 saturated carbocycles. The van der Waals surface area contributed by atoms with Crippen LogP contribution in [0.4, 0.5) is 4.79 Å². The number of ether oxygens (including phenoxy) is 1. The SMILES string of the molecule is CCC(CCO)ONC(=O)OC(C)(C)C. The summed E-state index contributed by atoms with van der Waals surface area (Å²) in [5, 5.41) is 8.70. The lowest BCUT2D eigenvalue weighted by molar-refractivity contribution is -0.0499. The fourth-order valence-corrected chi connectivity index (χ4v) is 0.921. The van der Waals surface area contributed by atoms with E-state index in [1.165, 1.54) is 0 Å². The normalized spacial score (nSPS) is 13.4. The molecule has 0 aliphatic carbocycles. The summed E-state index contributed by atoms with van der Waals surface area (Å²) in [6.45, 7) is 7.28. The van der Waals surface area contributed by atoms with E-state index in [0.29, 0.717) is 6.42 Å². The van der Waals surface area contributed by atoms with Crippen LogP contribution in [0.2, 0.25) is 0 Å². The second kappa shape index (κ2) is 6.63. The first-order chi connectivity index (χ1) is 6.89. The molecular formula is C10H21NO4. The van der Waals surface area contributed by atoms with Crippen molar-refractivity contribution in [2.45, 2.75) is 52.2 Å². The van der Waals surface area contributed by atoms with Gasteiger partial charge in [-0.05, 0) is 33.6 Å². The molecule has 0 aliphatic rings. The van der Waals surface area contributed by atoms with Gasteiger partial charge in [0.25, 0.3) is 0 Å². The molecule has 15 heavy (non-hydrogen) atoms. The van der Waals surface area contributed by atoms with Crippen LogP contribution in [0.1, 0.15) is 40.5 Å². The smallest absolute Gasteiger partial charge is 0.431 e. The minimum absolute atomic E-state index is 0.0362. The predicted molar refractivity (Wildman–Crippen MR) is 56.2 cm³/mol. The van der Waals surface area contributed by atoms with Gasteiger partial charge in [0, 0.05) is 6.61 Å². The maximum atomic E-state index is 11.2. The van der Waals surface area contributed by atoms with Crippen LogP contribution in [-0.4, -0.2) is 29.5 Å². The highest BCUT2D eigenvalue weighted by atomic mass is 16.7. The summed E-state index contributed by atoms with van der Waals surface area (Å²) in [6, 6.07) is 0. The molecule has 0 aromatic heterocycles. The third kappa shape index (κ3) is 8.20. The average molecular weight is 219 g/mol. The lowest BCUT2D eigenvalue weighted by atomic mass is 10.2. The minimum atomic E-state index is -0.612. The second-order valence-electron chi connectivity index (χ2n) is 4.26. The molecule has 0 saturated heterocycles.